The Morgan fingerprint density at radius 1 is 0.351 bits per heavy atom. The van der Waals surface area contributed by atoms with Crippen LogP contribution in [0.4, 0.5) is 48.3 Å². The van der Waals surface area contributed by atoms with E-state index in [4.69, 9.17) is 0 Å². The molecule has 0 aromatic heterocycles. The zero-order chi connectivity index (χ0) is 26.9. The van der Waals surface area contributed by atoms with Crippen molar-refractivity contribution in [2.75, 3.05) is 0 Å². The van der Waals surface area contributed by atoms with Crippen LogP contribution in [0, 0.1) is 64.0 Å². The van der Waals surface area contributed by atoms with Crippen molar-refractivity contribution in [3.63, 3.8) is 0 Å². The molecule has 0 atom stereocenters. The van der Waals surface area contributed by atoms with Gasteiger partial charge in [0.1, 0.15) is 5.82 Å². The van der Waals surface area contributed by atoms with Crippen molar-refractivity contribution in [1.82, 2.24) is 0 Å². The average Bonchev–Trinajstić information content (AvgIpc) is 2.86. The molecule has 0 bridgehead atoms. The van der Waals surface area contributed by atoms with E-state index in [1.807, 2.05) is 0 Å². The number of rotatable bonds is 2. The van der Waals surface area contributed by atoms with Crippen LogP contribution in [0.5, 0.6) is 0 Å². The Kier molecular flexibility index (Phi) is 5.61. The molecule has 5 aromatic carbocycles. The largest absolute Gasteiger partial charge is 0.207 e. The average molecular weight is 528 g/mol. The highest BCUT2D eigenvalue weighted by Gasteiger charge is 2.32. The number of hydrogen-bond acceptors (Lipinski definition) is 0. The normalized spacial score (nSPS) is 11.6. The minimum absolute atomic E-state index is 0.189. The molecule has 0 N–H and O–H groups in total. The summed E-state index contributed by atoms with van der Waals surface area (Å²) in [6.07, 6.45) is 0. The van der Waals surface area contributed by atoms with Crippen molar-refractivity contribution in [3.05, 3.63) is 106 Å². The van der Waals surface area contributed by atoms with Gasteiger partial charge in [-0.25, -0.2) is 48.3 Å². The molecule has 0 saturated heterocycles. The summed E-state index contributed by atoms with van der Waals surface area (Å²) >= 11 is 0. The fourth-order valence-corrected chi connectivity index (χ4v) is 4.32. The van der Waals surface area contributed by atoms with Crippen molar-refractivity contribution < 1.29 is 48.3 Å². The van der Waals surface area contributed by atoms with Gasteiger partial charge in [0.05, 0.1) is 5.56 Å². The second kappa shape index (κ2) is 8.46. The van der Waals surface area contributed by atoms with Crippen LogP contribution in [-0.2, 0) is 0 Å². The summed E-state index contributed by atoms with van der Waals surface area (Å²) in [5.41, 5.74) is -4.03. The van der Waals surface area contributed by atoms with Crippen LogP contribution in [0.15, 0.2) is 42.5 Å². The third-order valence-electron chi connectivity index (χ3n) is 5.86. The van der Waals surface area contributed by atoms with Gasteiger partial charge in [-0.15, -0.1) is 0 Å². The molecule has 0 nitrogen and oxygen atoms in total. The van der Waals surface area contributed by atoms with E-state index < -0.39 is 108 Å². The standard InChI is InChI=1S/C26H7F11/c27-9-2-3-10-11(6-9)17(20-21(32)14(30)7-15(31)22(20)33)19-18(23(34)25(36)26(37)24(19)35)16(10)8-1-4-12(28)13(29)5-8/h1-7H. The lowest BCUT2D eigenvalue weighted by Crippen LogP contribution is -2.05. The zero-order valence-corrected chi connectivity index (χ0v) is 17.7. The molecule has 0 heterocycles. The van der Waals surface area contributed by atoms with Crippen LogP contribution in [-0.4, -0.2) is 0 Å². The number of halogens is 11. The van der Waals surface area contributed by atoms with Gasteiger partial charge in [-0.1, -0.05) is 12.1 Å². The highest BCUT2D eigenvalue weighted by atomic mass is 19.2. The Balaban J connectivity index is 2.18. The quantitative estimate of drug-likeness (QED) is 0.0930. The maximum absolute atomic E-state index is 15.3. The van der Waals surface area contributed by atoms with Gasteiger partial charge in [-0.3, -0.25) is 0 Å². The molecule has 37 heavy (non-hydrogen) atoms. The fraction of sp³-hybridized carbons (Fsp3) is 0. The van der Waals surface area contributed by atoms with Crippen LogP contribution < -0.4 is 0 Å². The van der Waals surface area contributed by atoms with Crippen molar-refractivity contribution in [2.24, 2.45) is 0 Å². The molecule has 0 aliphatic rings. The van der Waals surface area contributed by atoms with E-state index >= 15 is 8.78 Å². The molecule has 0 radical (unpaired) electrons. The molecule has 11 heteroatoms. The van der Waals surface area contributed by atoms with Gasteiger partial charge in [-0.05, 0) is 40.6 Å². The molecule has 0 spiro atoms. The molecule has 5 aromatic rings. The zero-order valence-electron chi connectivity index (χ0n) is 17.7. The van der Waals surface area contributed by atoms with Crippen molar-refractivity contribution in [2.45, 2.75) is 0 Å². The van der Waals surface area contributed by atoms with Crippen LogP contribution in [0.25, 0.3) is 43.8 Å². The lowest BCUT2D eigenvalue weighted by molar-refractivity contribution is 0.418. The second-order valence-electron chi connectivity index (χ2n) is 7.92. The maximum atomic E-state index is 15.3. The number of hydrogen-bond donors (Lipinski definition) is 0. The van der Waals surface area contributed by atoms with Gasteiger partial charge in [0.25, 0.3) is 0 Å². The summed E-state index contributed by atoms with van der Waals surface area (Å²) in [5.74, 6) is -21.5. The Labute approximate surface area is 199 Å². The van der Waals surface area contributed by atoms with E-state index in [1.165, 1.54) is 0 Å². The molecular weight excluding hydrogens is 521 g/mol. The summed E-state index contributed by atoms with van der Waals surface area (Å²) in [6.45, 7) is 0. The highest BCUT2D eigenvalue weighted by molar-refractivity contribution is 6.21. The summed E-state index contributed by atoms with van der Waals surface area (Å²) in [4.78, 5) is 0. The van der Waals surface area contributed by atoms with Crippen molar-refractivity contribution in [3.8, 4) is 22.3 Å². The monoisotopic (exact) mass is 528 g/mol. The van der Waals surface area contributed by atoms with Crippen LogP contribution in [0.3, 0.4) is 0 Å². The Morgan fingerprint density at radius 3 is 1.49 bits per heavy atom. The van der Waals surface area contributed by atoms with E-state index in [9.17, 15) is 39.5 Å². The first kappa shape index (κ1) is 24.5. The first-order valence-electron chi connectivity index (χ1n) is 10.1. The van der Waals surface area contributed by atoms with Gasteiger partial charge < -0.3 is 0 Å². The Morgan fingerprint density at radius 2 is 0.919 bits per heavy atom. The van der Waals surface area contributed by atoms with Gasteiger partial charge >= 0.3 is 0 Å². The summed E-state index contributed by atoms with van der Waals surface area (Å²) < 4.78 is 159. The topological polar surface area (TPSA) is 0 Å². The predicted molar refractivity (Wildman–Crippen MR) is 112 cm³/mol. The summed E-state index contributed by atoms with van der Waals surface area (Å²) in [5, 5.41) is -3.86. The molecule has 0 aliphatic carbocycles. The smallest absolute Gasteiger partial charge is 0.198 e. The minimum atomic E-state index is -2.46. The van der Waals surface area contributed by atoms with Crippen molar-refractivity contribution in [1.29, 1.82) is 0 Å². The van der Waals surface area contributed by atoms with E-state index in [-0.39, 0.29) is 6.07 Å². The molecular formula is C26H7F11. The molecule has 0 amide bonds. The summed E-state index contributed by atoms with van der Waals surface area (Å²) in [6, 6.07) is 3.78. The van der Waals surface area contributed by atoms with Crippen LogP contribution in [0.2, 0.25) is 0 Å². The summed E-state index contributed by atoms with van der Waals surface area (Å²) in [7, 11) is 0. The predicted octanol–water partition coefficient (Wildman–Crippen LogP) is 8.86. The third-order valence-corrected chi connectivity index (χ3v) is 5.86. The molecule has 0 unspecified atom stereocenters. The maximum Gasteiger partial charge on any atom is 0.198 e. The molecule has 5 rings (SSSR count). The van der Waals surface area contributed by atoms with Crippen LogP contribution >= 0.6 is 0 Å². The highest BCUT2D eigenvalue weighted by Crippen LogP contribution is 2.48. The number of benzene rings is 5. The Bertz CT molecular complexity index is 1760. The number of fused-ring (bicyclic) bond motifs is 2. The van der Waals surface area contributed by atoms with Crippen molar-refractivity contribution >= 4 is 21.5 Å². The van der Waals surface area contributed by atoms with Crippen LogP contribution in [0.1, 0.15) is 0 Å². The first-order chi connectivity index (χ1) is 17.4. The van der Waals surface area contributed by atoms with Gasteiger partial charge in [0.15, 0.2) is 58.2 Å². The van der Waals surface area contributed by atoms with Gasteiger partial charge in [0, 0.05) is 28.0 Å². The van der Waals surface area contributed by atoms with E-state index in [1.54, 1.807) is 0 Å². The third kappa shape index (κ3) is 3.52. The molecule has 0 fully saturated rings. The molecule has 0 aliphatic heterocycles. The minimum Gasteiger partial charge on any atom is -0.207 e. The lowest BCUT2D eigenvalue weighted by atomic mass is 9.84. The fourth-order valence-electron chi connectivity index (χ4n) is 4.32. The first-order valence-corrected chi connectivity index (χ1v) is 10.1. The Hall–Kier alpha value is -4.15. The van der Waals surface area contributed by atoms with Gasteiger partial charge in [-0.2, -0.15) is 0 Å². The lowest BCUT2D eigenvalue weighted by Gasteiger charge is -2.20. The molecule has 188 valence electrons. The van der Waals surface area contributed by atoms with E-state index in [2.05, 4.69) is 0 Å². The van der Waals surface area contributed by atoms with E-state index in [0.717, 1.165) is 18.2 Å². The van der Waals surface area contributed by atoms with Gasteiger partial charge in [0.2, 0.25) is 0 Å². The molecule has 0 saturated carbocycles. The second-order valence-corrected chi connectivity index (χ2v) is 7.92. The van der Waals surface area contributed by atoms with E-state index in [0.29, 0.717) is 18.2 Å². The SMILES string of the molecule is Fc1ccc2c(-c3ccc(F)c(F)c3)c3c(F)c(F)c(F)c(F)c3c(-c3c(F)c(F)cc(F)c3F)c2c1.